The monoisotopic (exact) mass is 241 g/mol. The highest BCUT2D eigenvalue weighted by Gasteiger charge is 2.13. The average molecular weight is 241 g/mol. The SMILES string of the molecule is CCNC(CSc1cc(C)nn1C)C(C)C. The van der Waals surface area contributed by atoms with Gasteiger partial charge in [0, 0.05) is 18.8 Å². The molecule has 1 atom stereocenters. The van der Waals surface area contributed by atoms with Crippen molar-refractivity contribution in [2.24, 2.45) is 13.0 Å². The third-order valence-electron chi connectivity index (χ3n) is 2.64. The molecule has 1 aromatic heterocycles. The molecule has 16 heavy (non-hydrogen) atoms. The molecule has 4 heteroatoms. The van der Waals surface area contributed by atoms with Crippen molar-refractivity contribution < 1.29 is 0 Å². The lowest BCUT2D eigenvalue weighted by Gasteiger charge is -2.21. The van der Waals surface area contributed by atoms with Crippen molar-refractivity contribution in [2.45, 2.75) is 38.8 Å². The summed E-state index contributed by atoms with van der Waals surface area (Å²) in [6.45, 7) is 9.77. The van der Waals surface area contributed by atoms with E-state index in [4.69, 9.17) is 0 Å². The van der Waals surface area contributed by atoms with Crippen molar-refractivity contribution in [1.29, 1.82) is 0 Å². The van der Waals surface area contributed by atoms with Crippen molar-refractivity contribution in [3.63, 3.8) is 0 Å². The average Bonchev–Trinajstić information content (AvgIpc) is 2.51. The fourth-order valence-corrected chi connectivity index (χ4v) is 2.98. The van der Waals surface area contributed by atoms with Gasteiger partial charge in [-0.2, -0.15) is 5.10 Å². The summed E-state index contributed by atoms with van der Waals surface area (Å²) in [5, 5.41) is 9.13. The Kier molecular flexibility index (Phi) is 5.35. The summed E-state index contributed by atoms with van der Waals surface area (Å²) in [6, 6.07) is 2.72. The van der Waals surface area contributed by atoms with Gasteiger partial charge in [0.05, 0.1) is 10.7 Å². The van der Waals surface area contributed by atoms with E-state index in [1.165, 1.54) is 5.03 Å². The number of nitrogens with zero attached hydrogens (tertiary/aromatic N) is 2. The molecule has 0 aliphatic carbocycles. The molecule has 0 bridgehead atoms. The Morgan fingerprint density at radius 2 is 2.19 bits per heavy atom. The summed E-state index contributed by atoms with van der Waals surface area (Å²) in [7, 11) is 2.01. The minimum atomic E-state index is 0.574. The summed E-state index contributed by atoms with van der Waals surface area (Å²) < 4.78 is 1.96. The fourth-order valence-electron chi connectivity index (χ4n) is 1.65. The van der Waals surface area contributed by atoms with Crippen molar-refractivity contribution in [3.8, 4) is 0 Å². The molecule has 0 fully saturated rings. The summed E-state index contributed by atoms with van der Waals surface area (Å²) in [4.78, 5) is 0. The van der Waals surface area contributed by atoms with Gasteiger partial charge in [-0.15, -0.1) is 11.8 Å². The first-order valence-electron chi connectivity index (χ1n) is 5.91. The van der Waals surface area contributed by atoms with Gasteiger partial charge in [-0.3, -0.25) is 4.68 Å². The van der Waals surface area contributed by atoms with Gasteiger partial charge >= 0.3 is 0 Å². The second kappa shape index (κ2) is 6.30. The van der Waals surface area contributed by atoms with Crippen LogP contribution in [0.2, 0.25) is 0 Å². The van der Waals surface area contributed by atoms with E-state index in [1.807, 2.05) is 30.4 Å². The highest BCUT2D eigenvalue weighted by atomic mass is 32.2. The summed E-state index contributed by atoms with van der Waals surface area (Å²) in [5.74, 6) is 1.77. The number of rotatable bonds is 6. The quantitative estimate of drug-likeness (QED) is 0.776. The van der Waals surface area contributed by atoms with E-state index in [1.54, 1.807) is 0 Å². The molecule has 0 aliphatic heterocycles. The molecule has 0 saturated carbocycles. The highest BCUT2D eigenvalue weighted by Crippen LogP contribution is 2.21. The molecule has 1 unspecified atom stereocenters. The Labute approximate surface area is 103 Å². The fraction of sp³-hybridized carbons (Fsp3) is 0.750. The highest BCUT2D eigenvalue weighted by molar-refractivity contribution is 7.99. The predicted octanol–water partition coefficient (Wildman–Crippen LogP) is 2.45. The molecule has 1 heterocycles. The molecule has 1 N–H and O–H groups in total. The van der Waals surface area contributed by atoms with Gasteiger partial charge in [0.25, 0.3) is 0 Å². The first kappa shape index (κ1) is 13.6. The third-order valence-corrected chi connectivity index (χ3v) is 3.84. The van der Waals surface area contributed by atoms with Gasteiger partial charge in [-0.1, -0.05) is 20.8 Å². The van der Waals surface area contributed by atoms with Crippen LogP contribution in [0.25, 0.3) is 0 Å². The van der Waals surface area contributed by atoms with Crippen LogP contribution in [0.3, 0.4) is 0 Å². The van der Waals surface area contributed by atoms with Gasteiger partial charge in [-0.05, 0) is 25.5 Å². The zero-order chi connectivity index (χ0) is 12.1. The Bertz CT molecular complexity index is 320. The number of aryl methyl sites for hydroxylation is 2. The van der Waals surface area contributed by atoms with Gasteiger partial charge in [0.1, 0.15) is 0 Å². The van der Waals surface area contributed by atoms with Crippen molar-refractivity contribution in [2.75, 3.05) is 12.3 Å². The minimum absolute atomic E-state index is 0.574. The number of nitrogens with one attached hydrogen (secondary N) is 1. The Hall–Kier alpha value is -0.480. The molecule has 3 nitrogen and oxygen atoms in total. The van der Waals surface area contributed by atoms with Crippen LogP contribution in [0, 0.1) is 12.8 Å². The minimum Gasteiger partial charge on any atom is -0.313 e. The van der Waals surface area contributed by atoms with E-state index in [2.05, 4.69) is 37.3 Å². The van der Waals surface area contributed by atoms with E-state index in [0.717, 1.165) is 18.0 Å². The predicted molar refractivity (Wildman–Crippen MR) is 71.0 cm³/mol. The maximum atomic E-state index is 4.36. The standard InChI is InChI=1S/C12H23N3S/c1-6-13-11(9(2)3)8-16-12-7-10(4)14-15(12)5/h7,9,11,13H,6,8H2,1-5H3. The van der Waals surface area contributed by atoms with E-state index in [-0.39, 0.29) is 0 Å². The molecule has 0 saturated heterocycles. The van der Waals surface area contributed by atoms with Crippen LogP contribution < -0.4 is 5.32 Å². The van der Waals surface area contributed by atoms with Crippen LogP contribution in [0.5, 0.6) is 0 Å². The molecule has 92 valence electrons. The first-order valence-corrected chi connectivity index (χ1v) is 6.90. The van der Waals surface area contributed by atoms with Crippen molar-refractivity contribution in [1.82, 2.24) is 15.1 Å². The smallest absolute Gasteiger partial charge is 0.0939 e. The van der Waals surface area contributed by atoms with Crippen LogP contribution in [-0.4, -0.2) is 28.1 Å². The summed E-state index contributed by atoms with van der Waals surface area (Å²) >= 11 is 1.88. The number of hydrogen-bond acceptors (Lipinski definition) is 3. The van der Waals surface area contributed by atoms with Gasteiger partial charge < -0.3 is 5.32 Å². The van der Waals surface area contributed by atoms with E-state index in [0.29, 0.717) is 12.0 Å². The molecule has 1 rings (SSSR count). The molecular weight excluding hydrogens is 218 g/mol. The summed E-state index contributed by atoms with van der Waals surface area (Å²) in [5.41, 5.74) is 1.09. The molecule has 0 spiro atoms. The lowest BCUT2D eigenvalue weighted by atomic mass is 10.1. The number of aromatic nitrogens is 2. The van der Waals surface area contributed by atoms with Gasteiger partial charge in [-0.25, -0.2) is 0 Å². The van der Waals surface area contributed by atoms with Gasteiger partial charge in [0.2, 0.25) is 0 Å². The van der Waals surface area contributed by atoms with Crippen LogP contribution in [0.15, 0.2) is 11.1 Å². The van der Waals surface area contributed by atoms with Crippen LogP contribution in [0.4, 0.5) is 0 Å². The third kappa shape index (κ3) is 3.83. The maximum absolute atomic E-state index is 4.36. The molecule has 1 aromatic rings. The Morgan fingerprint density at radius 1 is 1.50 bits per heavy atom. The summed E-state index contributed by atoms with van der Waals surface area (Å²) in [6.07, 6.45) is 0. The number of thioether (sulfide) groups is 1. The lowest BCUT2D eigenvalue weighted by Crippen LogP contribution is -2.35. The molecular formula is C12H23N3S. The topological polar surface area (TPSA) is 29.9 Å². The number of hydrogen-bond donors (Lipinski definition) is 1. The van der Waals surface area contributed by atoms with Crippen molar-refractivity contribution >= 4 is 11.8 Å². The van der Waals surface area contributed by atoms with E-state index < -0.39 is 0 Å². The normalized spacial score (nSPS) is 13.4. The van der Waals surface area contributed by atoms with E-state index in [9.17, 15) is 0 Å². The second-order valence-corrected chi connectivity index (χ2v) is 5.51. The Morgan fingerprint density at radius 3 is 2.62 bits per heavy atom. The van der Waals surface area contributed by atoms with Crippen LogP contribution in [-0.2, 0) is 7.05 Å². The first-order chi connectivity index (χ1) is 7.54. The van der Waals surface area contributed by atoms with Crippen molar-refractivity contribution in [3.05, 3.63) is 11.8 Å². The molecule has 0 aromatic carbocycles. The largest absolute Gasteiger partial charge is 0.313 e. The van der Waals surface area contributed by atoms with Crippen LogP contribution in [0.1, 0.15) is 26.5 Å². The molecule has 0 aliphatic rings. The Balaban J connectivity index is 2.51. The lowest BCUT2D eigenvalue weighted by molar-refractivity contribution is 0.443. The molecule has 0 radical (unpaired) electrons. The zero-order valence-corrected chi connectivity index (χ0v) is 11.8. The van der Waals surface area contributed by atoms with E-state index >= 15 is 0 Å². The molecule has 0 amide bonds. The van der Waals surface area contributed by atoms with Crippen LogP contribution >= 0.6 is 11.8 Å². The maximum Gasteiger partial charge on any atom is 0.0939 e. The van der Waals surface area contributed by atoms with Gasteiger partial charge in [0.15, 0.2) is 0 Å². The zero-order valence-electron chi connectivity index (χ0n) is 10.9. The second-order valence-electron chi connectivity index (χ2n) is 4.47.